The van der Waals surface area contributed by atoms with E-state index in [9.17, 15) is 0 Å². The van der Waals surface area contributed by atoms with E-state index in [1.54, 1.807) is 5.56 Å². The van der Waals surface area contributed by atoms with Crippen molar-refractivity contribution in [3.8, 4) is 0 Å². The standard InChI is InChI=1S/C16H27N/c1-6-9-14-12(4)15(10-7-2)17-16(11-8-3)13(14)5/h6-11H2,1-5H3. The van der Waals surface area contributed by atoms with Crippen LogP contribution in [0.1, 0.15) is 68.1 Å². The number of rotatable bonds is 6. The Morgan fingerprint density at radius 1 is 0.706 bits per heavy atom. The molecule has 0 atom stereocenters. The van der Waals surface area contributed by atoms with Crippen LogP contribution in [0.5, 0.6) is 0 Å². The summed E-state index contributed by atoms with van der Waals surface area (Å²) in [6.07, 6.45) is 7.05. The largest absolute Gasteiger partial charge is 0.257 e. The first-order valence-electron chi connectivity index (χ1n) is 7.13. The molecular formula is C16H27N. The van der Waals surface area contributed by atoms with Gasteiger partial charge in [0.1, 0.15) is 0 Å². The molecule has 0 N–H and O–H groups in total. The van der Waals surface area contributed by atoms with Crippen LogP contribution < -0.4 is 0 Å². The van der Waals surface area contributed by atoms with Gasteiger partial charge >= 0.3 is 0 Å². The van der Waals surface area contributed by atoms with Crippen molar-refractivity contribution in [2.45, 2.75) is 73.1 Å². The first kappa shape index (κ1) is 14.2. The molecule has 1 heterocycles. The maximum Gasteiger partial charge on any atom is 0.0438 e. The Balaban J connectivity index is 3.24. The first-order valence-corrected chi connectivity index (χ1v) is 7.13. The van der Waals surface area contributed by atoms with Gasteiger partial charge in [0.15, 0.2) is 0 Å². The first-order chi connectivity index (χ1) is 8.15. The molecule has 1 nitrogen and oxygen atoms in total. The van der Waals surface area contributed by atoms with Gasteiger partial charge in [-0.2, -0.15) is 0 Å². The van der Waals surface area contributed by atoms with Crippen molar-refractivity contribution < 1.29 is 0 Å². The third-order valence-corrected chi connectivity index (χ3v) is 3.51. The van der Waals surface area contributed by atoms with E-state index in [0.29, 0.717) is 0 Å². The summed E-state index contributed by atoms with van der Waals surface area (Å²) in [5, 5.41) is 0. The fourth-order valence-corrected chi connectivity index (χ4v) is 2.55. The van der Waals surface area contributed by atoms with Crippen LogP contribution in [-0.2, 0) is 19.3 Å². The van der Waals surface area contributed by atoms with Crippen LogP contribution in [0.2, 0.25) is 0 Å². The minimum absolute atomic E-state index is 1.12. The predicted octanol–water partition coefficient (Wildman–Crippen LogP) is 4.56. The zero-order valence-electron chi connectivity index (χ0n) is 12.2. The fraction of sp³-hybridized carbons (Fsp3) is 0.688. The van der Waals surface area contributed by atoms with Crippen LogP contribution in [-0.4, -0.2) is 4.98 Å². The van der Waals surface area contributed by atoms with Gasteiger partial charge in [0.2, 0.25) is 0 Å². The Labute approximate surface area is 107 Å². The van der Waals surface area contributed by atoms with Crippen molar-refractivity contribution in [1.82, 2.24) is 4.98 Å². The number of aromatic nitrogens is 1. The average Bonchev–Trinajstić information content (AvgIpc) is 2.31. The number of hydrogen-bond donors (Lipinski definition) is 0. The quantitative estimate of drug-likeness (QED) is 0.702. The minimum Gasteiger partial charge on any atom is -0.257 e. The topological polar surface area (TPSA) is 12.9 Å². The molecule has 0 spiro atoms. The van der Waals surface area contributed by atoms with E-state index >= 15 is 0 Å². The monoisotopic (exact) mass is 233 g/mol. The third kappa shape index (κ3) is 3.31. The second-order valence-electron chi connectivity index (χ2n) is 4.98. The lowest BCUT2D eigenvalue weighted by Gasteiger charge is -2.17. The van der Waals surface area contributed by atoms with E-state index in [2.05, 4.69) is 34.6 Å². The molecule has 0 saturated heterocycles. The third-order valence-electron chi connectivity index (χ3n) is 3.51. The zero-order chi connectivity index (χ0) is 12.8. The summed E-state index contributed by atoms with van der Waals surface area (Å²) in [6, 6.07) is 0. The molecule has 0 unspecified atom stereocenters. The van der Waals surface area contributed by atoms with Crippen LogP contribution >= 0.6 is 0 Å². The Morgan fingerprint density at radius 2 is 1.12 bits per heavy atom. The highest BCUT2D eigenvalue weighted by Gasteiger charge is 2.12. The predicted molar refractivity (Wildman–Crippen MR) is 75.7 cm³/mol. The van der Waals surface area contributed by atoms with Gasteiger partial charge < -0.3 is 0 Å². The number of nitrogens with zero attached hydrogens (tertiary/aromatic N) is 1. The van der Waals surface area contributed by atoms with Gasteiger partial charge in [-0.25, -0.2) is 0 Å². The van der Waals surface area contributed by atoms with Crippen molar-refractivity contribution in [3.05, 3.63) is 28.1 Å². The van der Waals surface area contributed by atoms with Crippen LogP contribution in [0, 0.1) is 13.8 Å². The molecule has 0 aliphatic rings. The molecule has 0 bridgehead atoms. The molecular weight excluding hydrogens is 206 g/mol. The van der Waals surface area contributed by atoms with Crippen molar-refractivity contribution in [2.24, 2.45) is 0 Å². The molecule has 0 fully saturated rings. The lowest BCUT2D eigenvalue weighted by atomic mass is 9.94. The second kappa shape index (κ2) is 6.78. The van der Waals surface area contributed by atoms with Crippen molar-refractivity contribution in [3.63, 3.8) is 0 Å². The minimum atomic E-state index is 1.12. The van der Waals surface area contributed by atoms with Gasteiger partial charge in [-0.1, -0.05) is 40.0 Å². The van der Waals surface area contributed by atoms with Gasteiger partial charge in [0, 0.05) is 11.4 Å². The summed E-state index contributed by atoms with van der Waals surface area (Å²) >= 11 is 0. The molecule has 0 radical (unpaired) electrons. The van der Waals surface area contributed by atoms with Crippen LogP contribution in [0.4, 0.5) is 0 Å². The second-order valence-corrected chi connectivity index (χ2v) is 4.98. The summed E-state index contributed by atoms with van der Waals surface area (Å²) in [5.41, 5.74) is 7.14. The Bertz CT molecular complexity index is 336. The highest BCUT2D eigenvalue weighted by atomic mass is 14.7. The van der Waals surface area contributed by atoms with Crippen LogP contribution in [0.25, 0.3) is 0 Å². The molecule has 0 aromatic carbocycles. The number of aryl methyl sites for hydroxylation is 2. The van der Waals surface area contributed by atoms with Gasteiger partial charge in [0.05, 0.1) is 0 Å². The molecule has 17 heavy (non-hydrogen) atoms. The number of pyridine rings is 1. The maximum atomic E-state index is 4.89. The highest BCUT2D eigenvalue weighted by molar-refractivity contribution is 5.39. The summed E-state index contributed by atoms with van der Waals surface area (Å²) < 4.78 is 0. The molecule has 0 aliphatic heterocycles. The lowest BCUT2D eigenvalue weighted by molar-refractivity contribution is 0.791. The molecule has 96 valence electrons. The maximum absolute atomic E-state index is 4.89. The van der Waals surface area contributed by atoms with Crippen LogP contribution in [0.3, 0.4) is 0 Å². The van der Waals surface area contributed by atoms with Crippen molar-refractivity contribution in [2.75, 3.05) is 0 Å². The van der Waals surface area contributed by atoms with E-state index in [0.717, 1.165) is 12.8 Å². The summed E-state index contributed by atoms with van der Waals surface area (Å²) in [5.74, 6) is 0. The Hall–Kier alpha value is -0.850. The Morgan fingerprint density at radius 3 is 1.47 bits per heavy atom. The SMILES string of the molecule is CCCc1nc(CCC)c(C)c(CCC)c1C. The fourth-order valence-electron chi connectivity index (χ4n) is 2.55. The highest BCUT2D eigenvalue weighted by Crippen LogP contribution is 2.23. The molecule has 0 amide bonds. The zero-order valence-corrected chi connectivity index (χ0v) is 12.2. The molecule has 1 rings (SSSR count). The summed E-state index contributed by atoms with van der Waals surface area (Å²) in [6.45, 7) is 11.2. The van der Waals surface area contributed by atoms with Crippen molar-refractivity contribution >= 4 is 0 Å². The smallest absolute Gasteiger partial charge is 0.0438 e. The van der Waals surface area contributed by atoms with Gasteiger partial charge in [-0.05, 0) is 49.8 Å². The average molecular weight is 233 g/mol. The van der Waals surface area contributed by atoms with Gasteiger partial charge in [-0.15, -0.1) is 0 Å². The summed E-state index contributed by atoms with van der Waals surface area (Å²) in [4.78, 5) is 4.89. The van der Waals surface area contributed by atoms with E-state index in [1.807, 2.05) is 0 Å². The van der Waals surface area contributed by atoms with Gasteiger partial charge in [0.25, 0.3) is 0 Å². The molecule has 0 aliphatic carbocycles. The van der Waals surface area contributed by atoms with E-state index in [-0.39, 0.29) is 0 Å². The van der Waals surface area contributed by atoms with E-state index in [4.69, 9.17) is 4.98 Å². The summed E-state index contributed by atoms with van der Waals surface area (Å²) in [7, 11) is 0. The molecule has 0 saturated carbocycles. The molecule has 1 heteroatoms. The lowest BCUT2D eigenvalue weighted by Crippen LogP contribution is -2.07. The van der Waals surface area contributed by atoms with Crippen molar-refractivity contribution in [1.29, 1.82) is 0 Å². The Kier molecular flexibility index (Phi) is 5.67. The normalized spacial score (nSPS) is 10.9. The van der Waals surface area contributed by atoms with Gasteiger partial charge in [-0.3, -0.25) is 4.98 Å². The molecule has 1 aromatic rings. The number of hydrogen-bond acceptors (Lipinski definition) is 1. The van der Waals surface area contributed by atoms with E-state index < -0.39 is 0 Å². The van der Waals surface area contributed by atoms with E-state index in [1.165, 1.54) is 48.2 Å². The van der Waals surface area contributed by atoms with Crippen LogP contribution in [0.15, 0.2) is 0 Å². The molecule has 1 aromatic heterocycles.